The third-order valence-electron chi connectivity index (χ3n) is 1.42. The van der Waals surface area contributed by atoms with Crippen LogP contribution in [0.2, 0.25) is 0 Å². The first-order valence-electron chi connectivity index (χ1n) is 4.88. The summed E-state index contributed by atoms with van der Waals surface area (Å²) in [5, 5.41) is 2.91. The van der Waals surface area contributed by atoms with Crippen LogP contribution in [-0.2, 0) is 9.47 Å². The molecule has 92 valence electrons. The highest BCUT2D eigenvalue weighted by atomic mass is 19.4. The van der Waals surface area contributed by atoms with Crippen LogP contribution >= 0.6 is 0 Å². The number of rotatable bonds is 8. The van der Waals surface area contributed by atoms with Crippen LogP contribution in [0.25, 0.3) is 0 Å². The van der Waals surface area contributed by atoms with Crippen molar-refractivity contribution in [3.8, 4) is 0 Å². The molecule has 0 aliphatic rings. The number of ether oxygens (including phenoxy) is 2. The van der Waals surface area contributed by atoms with E-state index in [2.05, 4.69) is 10.1 Å². The van der Waals surface area contributed by atoms with Gasteiger partial charge in [-0.2, -0.15) is 13.2 Å². The van der Waals surface area contributed by atoms with Crippen LogP contribution in [0.15, 0.2) is 0 Å². The third-order valence-corrected chi connectivity index (χ3v) is 1.42. The topological polar surface area (TPSA) is 30.5 Å². The summed E-state index contributed by atoms with van der Waals surface area (Å²) in [6.07, 6.45) is -4.06. The van der Waals surface area contributed by atoms with Crippen LogP contribution in [-0.4, -0.2) is 45.2 Å². The number of alkyl halides is 3. The molecule has 15 heavy (non-hydrogen) atoms. The maximum absolute atomic E-state index is 11.6. The maximum Gasteiger partial charge on any atom is 0.411 e. The molecule has 0 heterocycles. The van der Waals surface area contributed by atoms with Crippen LogP contribution in [0.4, 0.5) is 13.2 Å². The molecule has 0 spiro atoms. The molecular weight excluding hydrogens is 211 g/mol. The van der Waals surface area contributed by atoms with Gasteiger partial charge in [-0.1, -0.05) is 0 Å². The van der Waals surface area contributed by atoms with E-state index in [9.17, 15) is 13.2 Å². The minimum absolute atomic E-state index is 0.0567. The van der Waals surface area contributed by atoms with E-state index in [1.165, 1.54) is 0 Å². The SMILES string of the molecule is CC(C)OCCNCCOCC(F)(F)F. The van der Waals surface area contributed by atoms with Crippen LogP contribution in [0.5, 0.6) is 0 Å². The molecular formula is C9H18F3NO2. The highest BCUT2D eigenvalue weighted by molar-refractivity contribution is 4.49. The standard InChI is InChI=1S/C9H18F3NO2/c1-8(2)15-6-4-13-3-5-14-7-9(10,11)12/h8,13H,3-7H2,1-2H3. The van der Waals surface area contributed by atoms with Gasteiger partial charge in [0.2, 0.25) is 0 Å². The van der Waals surface area contributed by atoms with E-state index in [4.69, 9.17) is 4.74 Å². The summed E-state index contributed by atoms with van der Waals surface area (Å²) in [5.41, 5.74) is 0. The van der Waals surface area contributed by atoms with Gasteiger partial charge in [-0.05, 0) is 13.8 Å². The molecule has 0 aromatic rings. The number of halogens is 3. The summed E-state index contributed by atoms with van der Waals surface area (Å²) in [7, 11) is 0. The van der Waals surface area contributed by atoms with Crippen molar-refractivity contribution in [2.75, 3.05) is 32.9 Å². The first-order valence-corrected chi connectivity index (χ1v) is 4.88. The second-order valence-corrected chi connectivity index (χ2v) is 3.34. The predicted molar refractivity (Wildman–Crippen MR) is 50.8 cm³/mol. The lowest BCUT2D eigenvalue weighted by molar-refractivity contribution is -0.173. The normalized spacial score (nSPS) is 12.4. The van der Waals surface area contributed by atoms with Crippen molar-refractivity contribution in [3.63, 3.8) is 0 Å². The smallest absolute Gasteiger partial charge is 0.377 e. The van der Waals surface area contributed by atoms with E-state index in [-0.39, 0.29) is 12.7 Å². The third kappa shape index (κ3) is 13.7. The number of nitrogens with one attached hydrogen (secondary N) is 1. The lowest BCUT2D eigenvalue weighted by Gasteiger charge is -2.09. The first kappa shape index (κ1) is 14.7. The molecule has 0 aromatic heterocycles. The van der Waals surface area contributed by atoms with Crippen molar-refractivity contribution in [2.24, 2.45) is 0 Å². The molecule has 0 aromatic carbocycles. The van der Waals surface area contributed by atoms with E-state index in [1.54, 1.807) is 0 Å². The summed E-state index contributed by atoms with van der Waals surface area (Å²) in [4.78, 5) is 0. The Balaban J connectivity index is 3.06. The monoisotopic (exact) mass is 229 g/mol. The molecule has 0 unspecified atom stereocenters. The predicted octanol–water partition coefficient (Wildman–Crippen LogP) is 1.58. The molecule has 1 N–H and O–H groups in total. The summed E-state index contributed by atoms with van der Waals surface area (Å²) >= 11 is 0. The largest absolute Gasteiger partial charge is 0.411 e. The summed E-state index contributed by atoms with van der Waals surface area (Å²) < 4.78 is 44.4. The molecule has 0 aliphatic heterocycles. The van der Waals surface area contributed by atoms with E-state index >= 15 is 0 Å². The van der Waals surface area contributed by atoms with Crippen LogP contribution in [0.3, 0.4) is 0 Å². The molecule has 0 fully saturated rings. The van der Waals surface area contributed by atoms with E-state index in [0.29, 0.717) is 19.7 Å². The molecule has 6 heteroatoms. The second-order valence-electron chi connectivity index (χ2n) is 3.34. The average molecular weight is 229 g/mol. The van der Waals surface area contributed by atoms with Crippen molar-refractivity contribution in [1.29, 1.82) is 0 Å². The van der Waals surface area contributed by atoms with Gasteiger partial charge < -0.3 is 14.8 Å². The molecule has 0 aliphatic carbocycles. The minimum Gasteiger partial charge on any atom is -0.377 e. The molecule has 0 radical (unpaired) electrons. The highest BCUT2D eigenvalue weighted by Crippen LogP contribution is 2.13. The Kier molecular flexibility index (Phi) is 7.72. The first-order chi connectivity index (χ1) is 6.92. The highest BCUT2D eigenvalue weighted by Gasteiger charge is 2.27. The Bertz CT molecular complexity index is 151. The Labute approximate surface area is 87.9 Å². The van der Waals surface area contributed by atoms with E-state index < -0.39 is 12.8 Å². The zero-order chi connectivity index (χ0) is 11.7. The fourth-order valence-corrected chi connectivity index (χ4v) is 0.824. The Morgan fingerprint density at radius 1 is 1.13 bits per heavy atom. The lowest BCUT2D eigenvalue weighted by Crippen LogP contribution is -2.27. The van der Waals surface area contributed by atoms with Gasteiger partial charge >= 0.3 is 6.18 Å². The molecule has 0 amide bonds. The van der Waals surface area contributed by atoms with Crippen molar-refractivity contribution in [3.05, 3.63) is 0 Å². The fourth-order valence-electron chi connectivity index (χ4n) is 0.824. The number of hydrogen-bond donors (Lipinski definition) is 1. The second kappa shape index (κ2) is 7.90. The molecule has 3 nitrogen and oxygen atoms in total. The Morgan fingerprint density at radius 2 is 1.73 bits per heavy atom. The summed E-state index contributed by atoms with van der Waals surface area (Å²) in [5.74, 6) is 0. The zero-order valence-corrected chi connectivity index (χ0v) is 9.06. The Morgan fingerprint density at radius 3 is 2.27 bits per heavy atom. The van der Waals surface area contributed by atoms with Crippen LogP contribution < -0.4 is 5.32 Å². The molecule has 0 saturated carbocycles. The molecule has 0 saturated heterocycles. The lowest BCUT2D eigenvalue weighted by atomic mass is 10.5. The van der Waals surface area contributed by atoms with Gasteiger partial charge in [-0.3, -0.25) is 0 Å². The van der Waals surface area contributed by atoms with Crippen molar-refractivity contribution < 1.29 is 22.6 Å². The van der Waals surface area contributed by atoms with E-state index in [0.717, 1.165) is 0 Å². The number of hydrogen-bond acceptors (Lipinski definition) is 3. The fraction of sp³-hybridized carbons (Fsp3) is 1.00. The van der Waals surface area contributed by atoms with Crippen molar-refractivity contribution >= 4 is 0 Å². The van der Waals surface area contributed by atoms with Crippen LogP contribution in [0.1, 0.15) is 13.8 Å². The van der Waals surface area contributed by atoms with Gasteiger partial charge in [-0.15, -0.1) is 0 Å². The van der Waals surface area contributed by atoms with Gasteiger partial charge in [-0.25, -0.2) is 0 Å². The van der Waals surface area contributed by atoms with E-state index in [1.807, 2.05) is 13.8 Å². The van der Waals surface area contributed by atoms with Crippen molar-refractivity contribution in [2.45, 2.75) is 26.1 Å². The van der Waals surface area contributed by atoms with Gasteiger partial charge in [0.1, 0.15) is 6.61 Å². The summed E-state index contributed by atoms with van der Waals surface area (Å²) in [6.45, 7) is 4.29. The Hall–Kier alpha value is -0.330. The van der Waals surface area contributed by atoms with Crippen LogP contribution in [0, 0.1) is 0 Å². The molecule has 0 rings (SSSR count). The quantitative estimate of drug-likeness (QED) is 0.641. The minimum atomic E-state index is -4.24. The zero-order valence-electron chi connectivity index (χ0n) is 9.06. The van der Waals surface area contributed by atoms with Gasteiger partial charge in [0.15, 0.2) is 0 Å². The summed E-state index contributed by atoms with van der Waals surface area (Å²) in [6, 6.07) is 0. The van der Waals surface area contributed by atoms with Gasteiger partial charge in [0, 0.05) is 13.1 Å². The molecule has 0 atom stereocenters. The average Bonchev–Trinajstić information content (AvgIpc) is 2.07. The van der Waals surface area contributed by atoms with Crippen molar-refractivity contribution in [1.82, 2.24) is 5.32 Å². The maximum atomic E-state index is 11.6. The van der Waals surface area contributed by atoms with Gasteiger partial charge in [0.05, 0.1) is 19.3 Å². The molecule has 0 bridgehead atoms. The van der Waals surface area contributed by atoms with Gasteiger partial charge in [0.25, 0.3) is 0 Å².